The Morgan fingerprint density at radius 2 is 2.00 bits per heavy atom. The highest BCUT2D eigenvalue weighted by Gasteiger charge is 2.12. The van der Waals surface area contributed by atoms with Crippen LogP contribution in [-0.2, 0) is 5.11 Å². The second-order valence-corrected chi connectivity index (χ2v) is 2.65. The van der Waals surface area contributed by atoms with Gasteiger partial charge in [-0.15, -0.1) is 0 Å². The molecule has 0 spiro atoms. The van der Waals surface area contributed by atoms with Crippen LogP contribution in [0.4, 0.5) is 0 Å². The van der Waals surface area contributed by atoms with Gasteiger partial charge < -0.3 is 5.73 Å². The van der Waals surface area contributed by atoms with Gasteiger partial charge in [0, 0.05) is 0 Å². The quantitative estimate of drug-likeness (QED) is 0.586. The Bertz CT molecular complexity index is 56.0. The molecular weight excluding hydrogens is 102 g/mol. The van der Waals surface area contributed by atoms with Crippen LogP contribution in [0.1, 0.15) is 26.7 Å². The van der Waals surface area contributed by atoms with Crippen molar-refractivity contribution < 1.29 is 5.11 Å². The summed E-state index contributed by atoms with van der Waals surface area (Å²) in [7, 11) is 0. The maximum atomic E-state index is 10.8. The predicted octanol–water partition coefficient (Wildman–Crippen LogP) is 0.934. The van der Waals surface area contributed by atoms with Crippen LogP contribution in [0.5, 0.6) is 0 Å². The van der Waals surface area contributed by atoms with Crippen molar-refractivity contribution in [3.63, 3.8) is 0 Å². The second-order valence-electron chi connectivity index (χ2n) is 2.65. The van der Waals surface area contributed by atoms with Gasteiger partial charge in [0.2, 0.25) is 0 Å². The standard InChI is InChI=1S/C6H14NO/c1-6(2,8)4-3-5-7/h3-5,7H2,1-2H3. The second kappa shape index (κ2) is 3.05. The zero-order valence-corrected chi connectivity index (χ0v) is 5.61. The first kappa shape index (κ1) is 7.92. The van der Waals surface area contributed by atoms with Crippen LogP contribution in [0, 0.1) is 0 Å². The zero-order valence-electron chi connectivity index (χ0n) is 5.61. The van der Waals surface area contributed by atoms with Crippen LogP contribution in [0.25, 0.3) is 0 Å². The van der Waals surface area contributed by atoms with Crippen LogP contribution in [0.15, 0.2) is 0 Å². The highest BCUT2D eigenvalue weighted by molar-refractivity contribution is 4.63. The third-order valence-corrected chi connectivity index (χ3v) is 0.983. The van der Waals surface area contributed by atoms with Crippen LogP contribution < -0.4 is 5.73 Å². The Labute approximate surface area is 50.7 Å². The van der Waals surface area contributed by atoms with Crippen LogP contribution in [0.2, 0.25) is 0 Å². The van der Waals surface area contributed by atoms with Crippen molar-refractivity contribution in [2.75, 3.05) is 6.54 Å². The van der Waals surface area contributed by atoms with E-state index in [2.05, 4.69) is 0 Å². The molecule has 0 unspecified atom stereocenters. The van der Waals surface area contributed by atoms with Gasteiger partial charge in [0.25, 0.3) is 0 Å². The highest BCUT2D eigenvalue weighted by atomic mass is 16.3. The Hall–Kier alpha value is -0.0800. The van der Waals surface area contributed by atoms with Crippen molar-refractivity contribution in [3.8, 4) is 0 Å². The summed E-state index contributed by atoms with van der Waals surface area (Å²) in [6.45, 7) is 4.00. The Morgan fingerprint density at radius 3 is 2.12 bits per heavy atom. The normalized spacial score (nSPS) is 12.0. The molecule has 1 radical (unpaired) electrons. The molecule has 49 valence electrons. The molecular formula is C6H14NO. The van der Waals surface area contributed by atoms with Crippen molar-refractivity contribution in [1.82, 2.24) is 0 Å². The first-order chi connectivity index (χ1) is 3.56. The SMILES string of the molecule is CC(C)([O])CCCN. The Kier molecular flexibility index (Phi) is 3.02. The summed E-state index contributed by atoms with van der Waals surface area (Å²) >= 11 is 0. The summed E-state index contributed by atoms with van der Waals surface area (Å²) < 4.78 is 0. The van der Waals surface area contributed by atoms with Gasteiger partial charge in [0.15, 0.2) is 0 Å². The maximum Gasteiger partial charge on any atom is 0.0980 e. The Balaban J connectivity index is 3.11. The lowest BCUT2D eigenvalue weighted by atomic mass is 10.0. The van der Waals surface area contributed by atoms with E-state index in [1.54, 1.807) is 13.8 Å². The van der Waals surface area contributed by atoms with Gasteiger partial charge >= 0.3 is 0 Å². The van der Waals surface area contributed by atoms with Crippen molar-refractivity contribution in [1.29, 1.82) is 0 Å². The summed E-state index contributed by atoms with van der Waals surface area (Å²) in [4.78, 5) is 0. The lowest BCUT2D eigenvalue weighted by molar-refractivity contribution is -0.00409. The third-order valence-electron chi connectivity index (χ3n) is 0.983. The molecule has 0 aromatic carbocycles. The molecule has 2 N–H and O–H groups in total. The molecule has 0 bridgehead atoms. The van der Waals surface area contributed by atoms with Crippen molar-refractivity contribution >= 4 is 0 Å². The minimum atomic E-state index is -0.778. The van der Waals surface area contributed by atoms with Gasteiger partial charge in [-0.1, -0.05) is 0 Å². The molecule has 0 amide bonds. The van der Waals surface area contributed by atoms with Gasteiger partial charge in [-0.2, -0.15) is 0 Å². The smallest absolute Gasteiger partial charge is 0.0980 e. The first-order valence-corrected chi connectivity index (χ1v) is 2.97. The molecule has 0 heterocycles. The molecule has 0 rings (SSSR count). The molecule has 8 heavy (non-hydrogen) atoms. The first-order valence-electron chi connectivity index (χ1n) is 2.97. The fraction of sp³-hybridized carbons (Fsp3) is 1.00. The van der Waals surface area contributed by atoms with Crippen LogP contribution in [-0.4, -0.2) is 12.1 Å². The van der Waals surface area contributed by atoms with Gasteiger partial charge in [-0.05, 0) is 33.2 Å². The fourth-order valence-corrected chi connectivity index (χ4v) is 0.528. The molecule has 0 aromatic heterocycles. The lowest BCUT2D eigenvalue weighted by Gasteiger charge is -2.11. The molecule has 2 heteroatoms. The molecule has 0 fully saturated rings. The third kappa shape index (κ3) is 5.92. The van der Waals surface area contributed by atoms with Crippen molar-refractivity contribution in [2.24, 2.45) is 5.73 Å². The Morgan fingerprint density at radius 1 is 1.50 bits per heavy atom. The topological polar surface area (TPSA) is 45.9 Å². The average molecular weight is 116 g/mol. The van der Waals surface area contributed by atoms with Crippen molar-refractivity contribution in [3.05, 3.63) is 0 Å². The summed E-state index contributed by atoms with van der Waals surface area (Å²) in [5, 5.41) is 10.8. The number of rotatable bonds is 3. The molecule has 0 aliphatic heterocycles. The van der Waals surface area contributed by atoms with E-state index >= 15 is 0 Å². The highest BCUT2D eigenvalue weighted by Crippen LogP contribution is 2.09. The van der Waals surface area contributed by atoms with E-state index in [1.165, 1.54) is 0 Å². The molecule has 2 nitrogen and oxygen atoms in total. The average Bonchev–Trinajstić information content (AvgIpc) is 1.59. The minimum absolute atomic E-state index is 0.631. The van der Waals surface area contributed by atoms with Gasteiger partial charge in [-0.3, -0.25) is 0 Å². The van der Waals surface area contributed by atoms with E-state index in [4.69, 9.17) is 5.73 Å². The summed E-state index contributed by atoms with van der Waals surface area (Å²) in [6, 6.07) is 0. The molecule has 0 aromatic rings. The zero-order chi connectivity index (χ0) is 6.62. The van der Waals surface area contributed by atoms with Crippen LogP contribution in [0.3, 0.4) is 0 Å². The molecule has 0 saturated carbocycles. The summed E-state index contributed by atoms with van der Waals surface area (Å²) in [5.74, 6) is 0. The van der Waals surface area contributed by atoms with E-state index in [9.17, 15) is 5.11 Å². The van der Waals surface area contributed by atoms with E-state index < -0.39 is 5.60 Å². The van der Waals surface area contributed by atoms with Gasteiger partial charge in [0.05, 0.1) is 5.60 Å². The van der Waals surface area contributed by atoms with Gasteiger partial charge in [-0.25, -0.2) is 5.11 Å². The number of hydrogen-bond donors (Lipinski definition) is 1. The monoisotopic (exact) mass is 116 g/mol. The number of nitrogens with two attached hydrogens (primary N) is 1. The fourth-order valence-electron chi connectivity index (χ4n) is 0.528. The predicted molar refractivity (Wildman–Crippen MR) is 33.1 cm³/mol. The maximum absolute atomic E-state index is 10.8. The van der Waals surface area contributed by atoms with Crippen molar-refractivity contribution in [2.45, 2.75) is 32.3 Å². The van der Waals surface area contributed by atoms with E-state index in [0.717, 1.165) is 6.42 Å². The largest absolute Gasteiger partial charge is 0.330 e. The molecule has 0 saturated heterocycles. The molecule has 0 aliphatic rings. The van der Waals surface area contributed by atoms with Gasteiger partial charge in [0.1, 0.15) is 0 Å². The summed E-state index contributed by atoms with van der Waals surface area (Å²) in [6.07, 6.45) is 1.53. The minimum Gasteiger partial charge on any atom is -0.330 e. The van der Waals surface area contributed by atoms with Crippen LogP contribution >= 0.6 is 0 Å². The van der Waals surface area contributed by atoms with E-state index in [-0.39, 0.29) is 0 Å². The van der Waals surface area contributed by atoms with E-state index in [0.29, 0.717) is 13.0 Å². The molecule has 0 atom stereocenters. The summed E-state index contributed by atoms with van der Waals surface area (Å²) in [5.41, 5.74) is 4.42. The lowest BCUT2D eigenvalue weighted by Crippen LogP contribution is -2.17. The van der Waals surface area contributed by atoms with E-state index in [1.807, 2.05) is 0 Å². The molecule has 0 aliphatic carbocycles. The number of hydrogen-bond acceptors (Lipinski definition) is 1.